The Bertz CT molecular complexity index is 639. The van der Waals surface area contributed by atoms with Gasteiger partial charge >= 0.3 is 0 Å². The molecule has 25 heavy (non-hydrogen) atoms. The van der Waals surface area contributed by atoms with Crippen molar-refractivity contribution < 1.29 is 9.53 Å². The van der Waals surface area contributed by atoms with Gasteiger partial charge in [-0.2, -0.15) is 0 Å². The Kier molecular flexibility index (Phi) is 7.33. The molecule has 0 spiro atoms. The molecule has 2 N–H and O–H groups in total. The molecule has 134 valence electrons. The first-order chi connectivity index (χ1) is 12.1. The van der Waals surface area contributed by atoms with Crippen LogP contribution in [0.15, 0.2) is 54.6 Å². The molecule has 0 bridgehead atoms. The monoisotopic (exact) mass is 340 g/mol. The van der Waals surface area contributed by atoms with Crippen molar-refractivity contribution in [3.05, 3.63) is 60.2 Å². The second-order valence-electron chi connectivity index (χ2n) is 6.52. The summed E-state index contributed by atoms with van der Waals surface area (Å²) < 4.78 is 5.66. The number of rotatable bonds is 9. The van der Waals surface area contributed by atoms with E-state index >= 15 is 0 Å². The molecule has 0 aliphatic carbocycles. The fourth-order valence-electron chi connectivity index (χ4n) is 2.47. The highest BCUT2D eigenvalue weighted by molar-refractivity contribution is 5.81. The van der Waals surface area contributed by atoms with Crippen LogP contribution in [0.25, 0.3) is 0 Å². The number of hydrogen-bond donors (Lipinski definition) is 2. The van der Waals surface area contributed by atoms with E-state index in [0.717, 1.165) is 23.4 Å². The number of anilines is 1. The number of hydrogen-bond acceptors (Lipinski definition) is 3. The van der Waals surface area contributed by atoms with Gasteiger partial charge in [0.15, 0.2) is 0 Å². The van der Waals surface area contributed by atoms with Gasteiger partial charge in [-0.1, -0.05) is 51.1 Å². The highest BCUT2D eigenvalue weighted by atomic mass is 16.5. The van der Waals surface area contributed by atoms with Crippen LogP contribution >= 0.6 is 0 Å². The molecule has 2 aromatic carbocycles. The van der Waals surface area contributed by atoms with E-state index in [1.54, 1.807) is 0 Å². The molecule has 4 heteroatoms. The van der Waals surface area contributed by atoms with Gasteiger partial charge in [0, 0.05) is 5.69 Å². The lowest BCUT2D eigenvalue weighted by molar-refractivity contribution is -0.120. The van der Waals surface area contributed by atoms with Crippen LogP contribution in [0.1, 0.15) is 38.8 Å². The summed E-state index contributed by atoms with van der Waals surface area (Å²) in [6.07, 6.45) is 0.859. The van der Waals surface area contributed by atoms with Gasteiger partial charge in [-0.15, -0.1) is 0 Å². The Morgan fingerprint density at radius 3 is 2.32 bits per heavy atom. The van der Waals surface area contributed by atoms with Crippen molar-refractivity contribution in [1.82, 2.24) is 5.32 Å². The van der Waals surface area contributed by atoms with E-state index in [4.69, 9.17) is 4.74 Å². The molecule has 0 aromatic heterocycles. The topological polar surface area (TPSA) is 50.4 Å². The lowest BCUT2D eigenvalue weighted by Gasteiger charge is -2.18. The van der Waals surface area contributed by atoms with E-state index in [1.165, 1.54) is 0 Å². The maximum atomic E-state index is 12.2. The van der Waals surface area contributed by atoms with Crippen molar-refractivity contribution in [3.63, 3.8) is 0 Å². The second-order valence-corrected chi connectivity index (χ2v) is 6.52. The van der Waals surface area contributed by atoms with Gasteiger partial charge in [0.25, 0.3) is 0 Å². The van der Waals surface area contributed by atoms with Gasteiger partial charge in [-0.05, 0) is 42.2 Å². The molecule has 0 saturated carbocycles. The molecule has 1 unspecified atom stereocenters. The van der Waals surface area contributed by atoms with Crippen LogP contribution in [0.5, 0.6) is 5.75 Å². The van der Waals surface area contributed by atoms with Gasteiger partial charge in [0.2, 0.25) is 5.91 Å². The van der Waals surface area contributed by atoms with E-state index in [2.05, 4.69) is 31.4 Å². The number of carbonyl (C=O) groups is 1. The quantitative estimate of drug-likeness (QED) is 0.711. The molecule has 4 nitrogen and oxygen atoms in total. The van der Waals surface area contributed by atoms with Crippen molar-refractivity contribution in [3.8, 4) is 5.75 Å². The average molecular weight is 340 g/mol. The predicted molar refractivity (Wildman–Crippen MR) is 103 cm³/mol. The summed E-state index contributed by atoms with van der Waals surface area (Å²) in [4.78, 5) is 12.2. The van der Waals surface area contributed by atoms with Gasteiger partial charge in [-0.25, -0.2) is 0 Å². The first-order valence-corrected chi connectivity index (χ1v) is 8.89. The second kappa shape index (κ2) is 9.72. The minimum atomic E-state index is -0.0177. The molecule has 2 rings (SSSR count). The highest BCUT2D eigenvalue weighted by Crippen LogP contribution is 2.17. The number of carbonyl (C=O) groups excluding carboxylic acids is 1. The minimum absolute atomic E-state index is 0.0177. The maximum Gasteiger partial charge on any atom is 0.239 e. The summed E-state index contributed by atoms with van der Waals surface area (Å²) in [5, 5.41) is 6.22. The third kappa shape index (κ3) is 6.49. The molecule has 1 atom stereocenters. The molecule has 0 aliphatic heterocycles. The predicted octanol–water partition coefficient (Wildman–Crippen LogP) is 4.40. The third-order valence-electron chi connectivity index (χ3n) is 3.84. The molecule has 1 amide bonds. The van der Waals surface area contributed by atoms with E-state index < -0.39 is 0 Å². The summed E-state index contributed by atoms with van der Waals surface area (Å²) >= 11 is 0. The number of ether oxygens (including phenoxy) is 1. The van der Waals surface area contributed by atoms with E-state index in [9.17, 15) is 4.79 Å². The van der Waals surface area contributed by atoms with Gasteiger partial charge in [-0.3, -0.25) is 4.79 Å². The Labute approximate surface area is 150 Å². The van der Waals surface area contributed by atoms with Gasteiger partial charge in [0.05, 0.1) is 19.2 Å². The smallest absolute Gasteiger partial charge is 0.239 e. The molecular weight excluding hydrogens is 312 g/mol. The molecule has 0 saturated heterocycles. The SMILES string of the molecule is CCC(NC(=O)CNc1ccc(OCC(C)C)cc1)c1ccccc1. The van der Waals surface area contributed by atoms with Crippen LogP contribution in [0.2, 0.25) is 0 Å². The first kappa shape index (κ1) is 18.8. The lowest BCUT2D eigenvalue weighted by Crippen LogP contribution is -2.33. The molecule has 0 heterocycles. The zero-order valence-electron chi connectivity index (χ0n) is 15.3. The van der Waals surface area contributed by atoms with Crippen LogP contribution in [0, 0.1) is 5.92 Å². The van der Waals surface area contributed by atoms with E-state index in [0.29, 0.717) is 12.5 Å². The zero-order chi connectivity index (χ0) is 18.1. The summed E-state index contributed by atoms with van der Waals surface area (Å²) in [5.41, 5.74) is 2.03. The Balaban J connectivity index is 1.81. The fourth-order valence-corrected chi connectivity index (χ4v) is 2.47. The van der Waals surface area contributed by atoms with Crippen molar-refractivity contribution >= 4 is 11.6 Å². The van der Waals surface area contributed by atoms with Crippen molar-refractivity contribution in [2.75, 3.05) is 18.5 Å². The summed E-state index contributed by atoms with van der Waals surface area (Å²) in [5.74, 6) is 1.33. The summed E-state index contributed by atoms with van der Waals surface area (Å²) in [7, 11) is 0. The maximum absolute atomic E-state index is 12.2. The normalized spacial score (nSPS) is 11.8. The Hall–Kier alpha value is -2.49. The molecular formula is C21H28N2O2. The molecule has 0 aliphatic rings. The van der Waals surface area contributed by atoms with Crippen LogP contribution in [0.4, 0.5) is 5.69 Å². The van der Waals surface area contributed by atoms with Crippen LogP contribution in [-0.4, -0.2) is 19.1 Å². The minimum Gasteiger partial charge on any atom is -0.493 e. The van der Waals surface area contributed by atoms with Gasteiger partial charge in [0.1, 0.15) is 5.75 Å². The number of nitrogens with one attached hydrogen (secondary N) is 2. The Morgan fingerprint density at radius 1 is 1.04 bits per heavy atom. The van der Waals surface area contributed by atoms with Crippen LogP contribution in [-0.2, 0) is 4.79 Å². The van der Waals surface area contributed by atoms with Crippen LogP contribution in [0.3, 0.4) is 0 Å². The first-order valence-electron chi connectivity index (χ1n) is 8.89. The van der Waals surface area contributed by atoms with Gasteiger partial charge < -0.3 is 15.4 Å². The van der Waals surface area contributed by atoms with Crippen molar-refractivity contribution in [2.45, 2.75) is 33.2 Å². The molecule has 0 radical (unpaired) electrons. The largest absolute Gasteiger partial charge is 0.493 e. The number of benzene rings is 2. The van der Waals surface area contributed by atoms with Crippen LogP contribution < -0.4 is 15.4 Å². The van der Waals surface area contributed by atoms with E-state index in [1.807, 2.05) is 54.6 Å². The lowest BCUT2D eigenvalue weighted by atomic mass is 10.0. The van der Waals surface area contributed by atoms with Crippen molar-refractivity contribution in [2.24, 2.45) is 5.92 Å². The summed E-state index contributed by atoms with van der Waals surface area (Å²) in [6.45, 7) is 7.25. The standard InChI is InChI=1S/C21H28N2O2/c1-4-20(17-8-6-5-7-9-17)23-21(24)14-22-18-10-12-19(13-11-18)25-15-16(2)3/h5-13,16,20,22H,4,14-15H2,1-3H3,(H,23,24). The number of amides is 1. The third-order valence-corrected chi connectivity index (χ3v) is 3.84. The molecule has 2 aromatic rings. The molecule has 0 fully saturated rings. The zero-order valence-corrected chi connectivity index (χ0v) is 15.3. The van der Waals surface area contributed by atoms with E-state index in [-0.39, 0.29) is 18.5 Å². The summed E-state index contributed by atoms with van der Waals surface area (Å²) in [6, 6.07) is 17.8. The Morgan fingerprint density at radius 2 is 1.72 bits per heavy atom. The fraction of sp³-hybridized carbons (Fsp3) is 0.381. The highest BCUT2D eigenvalue weighted by Gasteiger charge is 2.12. The van der Waals surface area contributed by atoms with Crippen molar-refractivity contribution in [1.29, 1.82) is 0 Å². The average Bonchev–Trinajstić information content (AvgIpc) is 2.64.